The van der Waals surface area contributed by atoms with E-state index in [4.69, 9.17) is 0 Å². The van der Waals surface area contributed by atoms with Crippen LogP contribution in [0.4, 0.5) is 5.82 Å². The summed E-state index contributed by atoms with van der Waals surface area (Å²) in [4.78, 5) is 8.46. The van der Waals surface area contributed by atoms with Crippen LogP contribution < -0.4 is 10.6 Å². The van der Waals surface area contributed by atoms with Gasteiger partial charge in [-0.2, -0.15) is 0 Å². The summed E-state index contributed by atoms with van der Waals surface area (Å²) in [5.41, 5.74) is 1.01. The van der Waals surface area contributed by atoms with Gasteiger partial charge in [-0.1, -0.05) is 13.8 Å². The molecule has 2 N–H and O–H groups in total. The first-order chi connectivity index (χ1) is 7.77. The fourth-order valence-electron chi connectivity index (χ4n) is 1.46. The summed E-state index contributed by atoms with van der Waals surface area (Å²) < 4.78 is 1.13. The van der Waals surface area contributed by atoms with Crippen molar-refractivity contribution in [2.24, 2.45) is 0 Å². The molecule has 2 rings (SSSR count). The summed E-state index contributed by atoms with van der Waals surface area (Å²) >= 11 is 1.67. The summed E-state index contributed by atoms with van der Waals surface area (Å²) in [5, 5.41) is 8.72. The van der Waals surface area contributed by atoms with Gasteiger partial charge in [-0.05, 0) is 11.4 Å². The number of hydrogen-bond acceptors (Lipinski definition) is 5. The average Bonchev–Trinajstić information content (AvgIpc) is 2.72. The Morgan fingerprint density at radius 3 is 3.00 bits per heavy atom. The van der Waals surface area contributed by atoms with Gasteiger partial charge in [0.2, 0.25) is 0 Å². The Kier molecular flexibility index (Phi) is 3.69. The topological polar surface area (TPSA) is 49.8 Å². The van der Waals surface area contributed by atoms with Crippen LogP contribution in [0.1, 0.15) is 13.8 Å². The minimum atomic E-state index is 0.522. The molecule has 0 saturated carbocycles. The van der Waals surface area contributed by atoms with E-state index >= 15 is 0 Å². The molecule has 2 heterocycles. The van der Waals surface area contributed by atoms with Crippen molar-refractivity contribution in [2.75, 3.05) is 18.4 Å². The Morgan fingerprint density at radius 2 is 2.19 bits per heavy atom. The number of nitrogens with zero attached hydrogens (tertiary/aromatic N) is 2. The standard InChI is InChI=1S/C11H16N4S/c1-8(2)12-4-5-13-11-10-9(3-6-16-10)14-7-15-11/h3,6-8,12H,4-5H2,1-2H3,(H,13,14,15). The van der Waals surface area contributed by atoms with Crippen molar-refractivity contribution in [3.63, 3.8) is 0 Å². The molecule has 0 fully saturated rings. The van der Waals surface area contributed by atoms with Crippen LogP contribution >= 0.6 is 11.3 Å². The van der Waals surface area contributed by atoms with Gasteiger partial charge in [0.15, 0.2) is 0 Å². The lowest BCUT2D eigenvalue weighted by molar-refractivity contribution is 0.602. The smallest absolute Gasteiger partial charge is 0.147 e. The molecule has 0 spiro atoms. The van der Waals surface area contributed by atoms with Gasteiger partial charge in [-0.15, -0.1) is 11.3 Å². The summed E-state index contributed by atoms with van der Waals surface area (Å²) in [6.07, 6.45) is 1.60. The van der Waals surface area contributed by atoms with E-state index in [0.29, 0.717) is 6.04 Å². The van der Waals surface area contributed by atoms with E-state index in [1.165, 1.54) is 0 Å². The van der Waals surface area contributed by atoms with Crippen LogP contribution in [-0.2, 0) is 0 Å². The minimum Gasteiger partial charge on any atom is -0.368 e. The molecule has 0 bridgehead atoms. The molecule has 0 atom stereocenters. The van der Waals surface area contributed by atoms with Crippen LogP contribution in [0, 0.1) is 0 Å². The monoisotopic (exact) mass is 236 g/mol. The number of rotatable bonds is 5. The van der Waals surface area contributed by atoms with E-state index in [0.717, 1.165) is 29.1 Å². The molecule has 0 radical (unpaired) electrons. The second-order valence-corrected chi connectivity index (χ2v) is 4.81. The normalized spacial score (nSPS) is 11.2. The highest BCUT2D eigenvalue weighted by Gasteiger charge is 2.03. The molecule has 0 aliphatic heterocycles. The second kappa shape index (κ2) is 5.23. The zero-order valence-corrected chi connectivity index (χ0v) is 10.3. The van der Waals surface area contributed by atoms with Crippen molar-refractivity contribution >= 4 is 27.4 Å². The number of hydrogen-bond donors (Lipinski definition) is 2. The lowest BCUT2D eigenvalue weighted by atomic mass is 10.4. The Labute approximate surface area is 99.1 Å². The highest BCUT2D eigenvalue weighted by Crippen LogP contribution is 2.24. The fourth-order valence-corrected chi connectivity index (χ4v) is 2.27. The molecule has 0 unspecified atom stereocenters. The van der Waals surface area contributed by atoms with E-state index in [-0.39, 0.29) is 0 Å². The first-order valence-corrected chi connectivity index (χ1v) is 6.31. The van der Waals surface area contributed by atoms with Crippen molar-refractivity contribution in [3.05, 3.63) is 17.8 Å². The van der Waals surface area contributed by atoms with Crippen molar-refractivity contribution < 1.29 is 0 Å². The molecule has 2 aromatic heterocycles. The molecule has 0 aliphatic carbocycles. The van der Waals surface area contributed by atoms with Crippen molar-refractivity contribution in [1.29, 1.82) is 0 Å². The number of fused-ring (bicyclic) bond motifs is 1. The Morgan fingerprint density at radius 1 is 1.31 bits per heavy atom. The summed E-state index contributed by atoms with van der Waals surface area (Å²) in [6, 6.07) is 2.54. The van der Waals surface area contributed by atoms with Crippen LogP contribution in [0.5, 0.6) is 0 Å². The predicted molar refractivity (Wildman–Crippen MR) is 69.0 cm³/mol. The molecule has 2 aromatic rings. The lowest BCUT2D eigenvalue weighted by Gasteiger charge is -2.09. The molecule has 0 aromatic carbocycles. The Bertz CT molecular complexity index is 452. The van der Waals surface area contributed by atoms with E-state index in [1.54, 1.807) is 17.7 Å². The van der Waals surface area contributed by atoms with Gasteiger partial charge in [0.1, 0.15) is 12.1 Å². The van der Waals surface area contributed by atoms with Crippen LogP contribution in [-0.4, -0.2) is 29.1 Å². The van der Waals surface area contributed by atoms with Gasteiger partial charge >= 0.3 is 0 Å². The maximum Gasteiger partial charge on any atom is 0.147 e. The summed E-state index contributed by atoms with van der Waals surface area (Å²) in [7, 11) is 0. The second-order valence-electron chi connectivity index (χ2n) is 3.89. The van der Waals surface area contributed by atoms with Crippen molar-refractivity contribution in [2.45, 2.75) is 19.9 Å². The average molecular weight is 236 g/mol. The quantitative estimate of drug-likeness (QED) is 0.781. The highest BCUT2D eigenvalue weighted by atomic mass is 32.1. The van der Waals surface area contributed by atoms with Crippen molar-refractivity contribution in [3.8, 4) is 0 Å². The fraction of sp³-hybridized carbons (Fsp3) is 0.455. The van der Waals surface area contributed by atoms with Crippen LogP contribution in [0.3, 0.4) is 0 Å². The minimum absolute atomic E-state index is 0.522. The van der Waals surface area contributed by atoms with E-state index in [9.17, 15) is 0 Å². The zero-order valence-electron chi connectivity index (χ0n) is 9.53. The van der Waals surface area contributed by atoms with Gasteiger partial charge in [-0.25, -0.2) is 9.97 Å². The van der Waals surface area contributed by atoms with Gasteiger partial charge in [0.05, 0.1) is 10.2 Å². The molecule has 4 nitrogen and oxygen atoms in total. The van der Waals surface area contributed by atoms with Crippen molar-refractivity contribution in [1.82, 2.24) is 15.3 Å². The third-order valence-electron chi connectivity index (χ3n) is 2.21. The van der Waals surface area contributed by atoms with Crippen LogP contribution in [0.15, 0.2) is 17.8 Å². The van der Waals surface area contributed by atoms with Gasteiger partial charge in [0, 0.05) is 19.1 Å². The molecule has 0 aliphatic rings. The van der Waals surface area contributed by atoms with Crippen LogP contribution in [0.25, 0.3) is 10.2 Å². The van der Waals surface area contributed by atoms with E-state index < -0.39 is 0 Å². The lowest BCUT2D eigenvalue weighted by Crippen LogP contribution is -2.28. The molecule has 16 heavy (non-hydrogen) atoms. The largest absolute Gasteiger partial charge is 0.368 e. The first kappa shape index (κ1) is 11.3. The molecule has 5 heteroatoms. The van der Waals surface area contributed by atoms with E-state index in [2.05, 4.69) is 34.4 Å². The molecule has 0 amide bonds. The Hall–Kier alpha value is -1.20. The van der Waals surface area contributed by atoms with Gasteiger partial charge in [-0.3, -0.25) is 0 Å². The first-order valence-electron chi connectivity index (χ1n) is 5.43. The van der Waals surface area contributed by atoms with Gasteiger partial charge < -0.3 is 10.6 Å². The molecular weight excluding hydrogens is 220 g/mol. The van der Waals surface area contributed by atoms with Gasteiger partial charge in [0.25, 0.3) is 0 Å². The number of anilines is 1. The summed E-state index contributed by atoms with van der Waals surface area (Å²) in [5.74, 6) is 0.936. The third-order valence-corrected chi connectivity index (χ3v) is 3.12. The third kappa shape index (κ3) is 2.68. The number of aromatic nitrogens is 2. The highest BCUT2D eigenvalue weighted by molar-refractivity contribution is 7.17. The maximum absolute atomic E-state index is 4.26. The summed E-state index contributed by atoms with van der Waals surface area (Å²) in [6.45, 7) is 6.10. The zero-order chi connectivity index (χ0) is 11.4. The SMILES string of the molecule is CC(C)NCCNc1ncnc2ccsc12. The molecule has 0 saturated heterocycles. The Balaban J connectivity index is 1.96. The molecular formula is C11H16N4S. The molecule has 86 valence electrons. The number of nitrogens with one attached hydrogen (secondary N) is 2. The maximum atomic E-state index is 4.26. The predicted octanol–water partition coefficient (Wildman–Crippen LogP) is 2.10. The number of thiophene rings is 1. The van der Waals surface area contributed by atoms with E-state index in [1.807, 2.05) is 11.4 Å². The van der Waals surface area contributed by atoms with Crippen LogP contribution in [0.2, 0.25) is 0 Å².